The van der Waals surface area contributed by atoms with Crippen molar-refractivity contribution in [2.75, 3.05) is 5.32 Å². The minimum atomic E-state index is -0.724. The maximum atomic E-state index is 13.2. The zero-order chi connectivity index (χ0) is 20.9. The molecule has 5 heteroatoms. The molecule has 1 aliphatic heterocycles. The van der Waals surface area contributed by atoms with Crippen LogP contribution < -0.4 is 10.6 Å². The molecule has 2 amide bonds. The number of hydrogen-bond donors (Lipinski definition) is 2. The van der Waals surface area contributed by atoms with Gasteiger partial charge in [0.15, 0.2) is 0 Å². The second-order valence-electron chi connectivity index (χ2n) is 7.72. The third-order valence-electron chi connectivity index (χ3n) is 5.83. The van der Waals surface area contributed by atoms with Crippen molar-refractivity contribution in [1.29, 1.82) is 0 Å². The summed E-state index contributed by atoms with van der Waals surface area (Å²) >= 11 is 1.55. The van der Waals surface area contributed by atoms with Gasteiger partial charge in [-0.1, -0.05) is 48.5 Å². The number of rotatable bonds is 3. The number of fused-ring (bicyclic) bond motifs is 2. The second-order valence-corrected chi connectivity index (χ2v) is 8.63. The maximum absolute atomic E-state index is 13.2. The number of carbonyl (C=O) groups excluding carboxylic acids is 2. The van der Waals surface area contributed by atoms with Crippen molar-refractivity contribution in [3.63, 3.8) is 0 Å². The maximum Gasteiger partial charge on any atom is 0.257 e. The molecule has 0 radical (unpaired) electrons. The number of hydrogen-bond acceptors (Lipinski definition) is 3. The summed E-state index contributed by atoms with van der Waals surface area (Å²) in [5.41, 5.74) is 4.06. The number of amides is 2. The predicted octanol–water partition coefficient (Wildman–Crippen LogP) is 5.47. The van der Waals surface area contributed by atoms with E-state index in [4.69, 9.17) is 0 Å². The zero-order valence-electron chi connectivity index (χ0n) is 16.7. The van der Waals surface area contributed by atoms with Crippen molar-refractivity contribution in [3.8, 4) is 0 Å². The highest BCUT2D eigenvalue weighted by molar-refractivity contribution is 7.17. The van der Waals surface area contributed by atoms with Crippen LogP contribution in [0.1, 0.15) is 44.3 Å². The van der Waals surface area contributed by atoms with E-state index in [1.807, 2.05) is 86.0 Å². The molecule has 148 valence electrons. The summed E-state index contributed by atoms with van der Waals surface area (Å²) in [6.07, 6.45) is 0. The van der Waals surface area contributed by atoms with Crippen LogP contribution in [0.4, 0.5) is 5.69 Å². The topological polar surface area (TPSA) is 58.2 Å². The molecule has 2 N–H and O–H groups in total. The fourth-order valence-electron chi connectivity index (χ4n) is 4.42. The molecule has 2 heterocycles. The van der Waals surface area contributed by atoms with Gasteiger partial charge in [-0.2, -0.15) is 0 Å². The van der Waals surface area contributed by atoms with Crippen LogP contribution in [0.5, 0.6) is 0 Å². The van der Waals surface area contributed by atoms with Crippen LogP contribution in [0.25, 0.3) is 10.1 Å². The molecule has 1 atom stereocenters. The molecule has 0 spiro atoms. The Balaban J connectivity index is 1.61. The van der Waals surface area contributed by atoms with Crippen molar-refractivity contribution in [2.45, 2.75) is 19.4 Å². The zero-order valence-corrected chi connectivity index (χ0v) is 17.5. The van der Waals surface area contributed by atoms with Gasteiger partial charge in [-0.3, -0.25) is 9.59 Å². The first kappa shape index (κ1) is 18.6. The van der Waals surface area contributed by atoms with Crippen molar-refractivity contribution in [3.05, 3.63) is 99.9 Å². The molecular formula is C25H20N2O2S. The Morgan fingerprint density at radius 3 is 2.60 bits per heavy atom. The van der Waals surface area contributed by atoms with Crippen LogP contribution in [0.2, 0.25) is 0 Å². The Morgan fingerprint density at radius 2 is 1.77 bits per heavy atom. The van der Waals surface area contributed by atoms with Gasteiger partial charge in [-0.25, -0.2) is 0 Å². The lowest BCUT2D eigenvalue weighted by Gasteiger charge is -2.29. The summed E-state index contributed by atoms with van der Waals surface area (Å²) < 4.78 is 1.07. The van der Waals surface area contributed by atoms with Crippen LogP contribution in [0.15, 0.2) is 72.1 Å². The molecular weight excluding hydrogens is 392 g/mol. The lowest BCUT2D eigenvalue weighted by molar-refractivity contribution is 0.0944. The van der Waals surface area contributed by atoms with Gasteiger partial charge in [0.25, 0.3) is 11.8 Å². The summed E-state index contributed by atoms with van der Waals surface area (Å²) in [5, 5.41) is 9.04. The molecule has 0 aliphatic carbocycles. The first-order chi connectivity index (χ1) is 14.5. The quantitative estimate of drug-likeness (QED) is 0.469. The molecule has 1 unspecified atom stereocenters. The number of aryl methyl sites for hydroxylation is 1. The fraction of sp³-hybridized carbons (Fsp3) is 0.120. The highest BCUT2D eigenvalue weighted by Gasteiger charge is 2.43. The molecule has 30 heavy (non-hydrogen) atoms. The van der Waals surface area contributed by atoms with E-state index in [1.165, 1.54) is 0 Å². The first-order valence-corrected chi connectivity index (χ1v) is 10.7. The van der Waals surface area contributed by atoms with Crippen LogP contribution in [-0.4, -0.2) is 11.8 Å². The summed E-state index contributed by atoms with van der Waals surface area (Å²) in [4.78, 5) is 26.0. The Morgan fingerprint density at radius 1 is 1.00 bits per heavy atom. The van der Waals surface area contributed by atoms with Gasteiger partial charge in [0.05, 0.1) is 11.1 Å². The van der Waals surface area contributed by atoms with Gasteiger partial charge < -0.3 is 10.6 Å². The third kappa shape index (κ3) is 2.74. The molecule has 3 aromatic carbocycles. The smallest absolute Gasteiger partial charge is 0.257 e. The Bertz CT molecular complexity index is 1320. The average molecular weight is 413 g/mol. The highest BCUT2D eigenvalue weighted by Crippen LogP contribution is 2.42. The van der Waals surface area contributed by atoms with Crippen LogP contribution in [0.3, 0.4) is 0 Å². The van der Waals surface area contributed by atoms with E-state index in [0.717, 1.165) is 26.8 Å². The van der Waals surface area contributed by atoms with Crippen LogP contribution >= 0.6 is 11.3 Å². The van der Waals surface area contributed by atoms with Gasteiger partial charge in [0, 0.05) is 32.3 Å². The second kappa shape index (κ2) is 6.82. The SMILES string of the molecule is Cc1ccccc1C1(C)NC(=O)c2cccc(NC(=O)c3csc4ccccc34)c21. The van der Waals surface area contributed by atoms with E-state index < -0.39 is 5.54 Å². The van der Waals surface area contributed by atoms with E-state index >= 15 is 0 Å². The molecule has 5 rings (SSSR count). The molecule has 4 aromatic rings. The average Bonchev–Trinajstić information content (AvgIpc) is 3.28. The van der Waals surface area contributed by atoms with Crippen molar-refractivity contribution in [1.82, 2.24) is 5.32 Å². The number of anilines is 1. The number of thiophene rings is 1. The summed E-state index contributed by atoms with van der Waals surface area (Å²) in [6, 6.07) is 21.4. The van der Waals surface area contributed by atoms with E-state index in [1.54, 1.807) is 11.3 Å². The Kier molecular flexibility index (Phi) is 4.22. The number of nitrogens with one attached hydrogen (secondary N) is 2. The molecule has 0 saturated heterocycles. The molecule has 0 fully saturated rings. The monoisotopic (exact) mass is 412 g/mol. The number of carbonyl (C=O) groups is 2. The summed E-state index contributed by atoms with van der Waals surface area (Å²) in [5.74, 6) is -0.305. The lowest BCUT2D eigenvalue weighted by atomic mass is 9.82. The molecule has 0 saturated carbocycles. The predicted molar refractivity (Wildman–Crippen MR) is 121 cm³/mol. The van der Waals surface area contributed by atoms with E-state index in [9.17, 15) is 9.59 Å². The molecule has 1 aliphatic rings. The Hall–Kier alpha value is -3.44. The standard InChI is InChI=1S/C25H20N2O2S/c1-15-8-3-5-11-19(15)25(2)22-17(24(29)27-25)10-7-12-20(22)26-23(28)18-14-30-21-13-6-4-9-16(18)21/h3-14H,1-2H3,(H,26,28)(H,27,29). The fourth-order valence-corrected chi connectivity index (χ4v) is 5.36. The van der Waals surface area contributed by atoms with Gasteiger partial charge in [0.1, 0.15) is 0 Å². The summed E-state index contributed by atoms with van der Waals surface area (Å²) in [6.45, 7) is 4.03. The Labute approximate surface area is 178 Å². The van der Waals surface area contributed by atoms with Gasteiger partial charge in [0.2, 0.25) is 0 Å². The number of benzene rings is 3. The van der Waals surface area contributed by atoms with E-state index in [2.05, 4.69) is 10.6 Å². The van der Waals surface area contributed by atoms with Gasteiger partial charge in [-0.05, 0) is 43.2 Å². The van der Waals surface area contributed by atoms with Gasteiger partial charge in [-0.15, -0.1) is 11.3 Å². The van der Waals surface area contributed by atoms with Crippen LogP contribution in [0, 0.1) is 6.92 Å². The lowest BCUT2D eigenvalue weighted by Crippen LogP contribution is -2.38. The molecule has 0 bridgehead atoms. The first-order valence-electron chi connectivity index (χ1n) is 9.79. The minimum Gasteiger partial charge on any atom is -0.339 e. The normalized spacial score (nSPS) is 17.6. The summed E-state index contributed by atoms with van der Waals surface area (Å²) in [7, 11) is 0. The highest BCUT2D eigenvalue weighted by atomic mass is 32.1. The molecule has 4 nitrogen and oxygen atoms in total. The van der Waals surface area contributed by atoms with Crippen LogP contribution in [-0.2, 0) is 5.54 Å². The van der Waals surface area contributed by atoms with E-state index in [0.29, 0.717) is 16.8 Å². The van der Waals surface area contributed by atoms with Crippen molar-refractivity contribution >= 4 is 38.9 Å². The largest absolute Gasteiger partial charge is 0.339 e. The van der Waals surface area contributed by atoms with Gasteiger partial charge >= 0.3 is 0 Å². The minimum absolute atomic E-state index is 0.132. The third-order valence-corrected chi connectivity index (χ3v) is 6.79. The van der Waals surface area contributed by atoms with Crippen molar-refractivity contribution < 1.29 is 9.59 Å². The molecule has 1 aromatic heterocycles. The van der Waals surface area contributed by atoms with Crippen molar-refractivity contribution in [2.24, 2.45) is 0 Å². The van der Waals surface area contributed by atoms with E-state index in [-0.39, 0.29) is 11.8 Å².